The van der Waals surface area contributed by atoms with Crippen molar-refractivity contribution in [1.29, 1.82) is 0 Å². The van der Waals surface area contributed by atoms with E-state index in [9.17, 15) is 9.90 Å². The van der Waals surface area contributed by atoms with Crippen molar-refractivity contribution in [2.24, 2.45) is 5.92 Å². The van der Waals surface area contributed by atoms with Crippen LogP contribution in [0.2, 0.25) is 0 Å². The summed E-state index contributed by atoms with van der Waals surface area (Å²) in [6.45, 7) is 0.483. The van der Waals surface area contributed by atoms with Crippen molar-refractivity contribution < 1.29 is 15.0 Å². The van der Waals surface area contributed by atoms with Crippen LogP contribution >= 0.6 is 0 Å². The normalized spacial score (nSPS) is 16.7. The number of benzene rings is 1. The summed E-state index contributed by atoms with van der Waals surface area (Å²) in [5, 5.41) is 19.1. The molecule has 1 aromatic heterocycles. The number of pyridine rings is 1. The van der Waals surface area contributed by atoms with Gasteiger partial charge in [0.05, 0.1) is 18.0 Å². The van der Waals surface area contributed by atoms with E-state index in [1.165, 1.54) is 6.07 Å². The van der Waals surface area contributed by atoms with Gasteiger partial charge >= 0.3 is 5.97 Å². The zero-order valence-corrected chi connectivity index (χ0v) is 15.1. The van der Waals surface area contributed by atoms with E-state index < -0.39 is 5.97 Å². The van der Waals surface area contributed by atoms with Gasteiger partial charge in [-0.2, -0.15) is 0 Å². The average molecular weight is 362 g/mol. The molecule has 0 aliphatic heterocycles. The SMILES string of the molecule is CN(Cc1cccc(C(=O)O)n1)C1=CC=C(O)CC1/C=C/c1ccccc1. The van der Waals surface area contributed by atoms with Crippen LogP contribution in [0.5, 0.6) is 0 Å². The standard InChI is InChI=1S/C22H22N2O3/c1-24(15-18-8-5-9-20(23-18)22(26)27)21-13-12-19(25)14-17(21)11-10-16-6-3-2-4-7-16/h2-13,17,25H,14-15H2,1H3,(H,26,27)/b11-10+. The van der Waals surface area contributed by atoms with Crippen molar-refractivity contribution in [1.82, 2.24) is 9.88 Å². The molecule has 1 aliphatic carbocycles. The number of allylic oxidation sites excluding steroid dienone is 4. The lowest BCUT2D eigenvalue weighted by molar-refractivity contribution is 0.0690. The molecule has 0 fully saturated rings. The molecule has 3 rings (SSSR count). The van der Waals surface area contributed by atoms with E-state index in [4.69, 9.17) is 5.11 Å². The molecule has 27 heavy (non-hydrogen) atoms. The number of aromatic carboxylic acids is 1. The maximum atomic E-state index is 11.1. The summed E-state index contributed by atoms with van der Waals surface area (Å²) in [4.78, 5) is 17.3. The van der Waals surface area contributed by atoms with Gasteiger partial charge in [0.15, 0.2) is 0 Å². The van der Waals surface area contributed by atoms with Crippen LogP contribution in [0.4, 0.5) is 0 Å². The Labute approximate surface area is 158 Å². The fourth-order valence-corrected chi connectivity index (χ4v) is 3.09. The van der Waals surface area contributed by atoms with Crippen molar-refractivity contribution in [3.05, 3.63) is 95.2 Å². The first-order valence-corrected chi connectivity index (χ1v) is 8.76. The summed E-state index contributed by atoms with van der Waals surface area (Å²) in [6.07, 6.45) is 8.28. The molecule has 1 aliphatic rings. The number of hydrogen-bond acceptors (Lipinski definition) is 4. The molecule has 1 aromatic carbocycles. The minimum absolute atomic E-state index is 0.0304. The van der Waals surface area contributed by atoms with Gasteiger partial charge in [0.25, 0.3) is 0 Å². The lowest BCUT2D eigenvalue weighted by Crippen LogP contribution is -2.25. The highest BCUT2D eigenvalue weighted by atomic mass is 16.4. The van der Waals surface area contributed by atoms with Gasteiger partial charge in [-0.3, -0.25) is 0 Å². The maximum absolute atomic E-state index is 11.1. The number of rotatable bonds is 6. The minimum atomic E-state index is -1.03. The molecule has 0 radical (unpaired) electrons. The summed E-state index contributed by atoms with van der Waals surface area (Å²) in [6, 6.07) is 15.0. The summed E-state index contributed by atoms with van der Waals surface area (Å²) in [5.41, 5.74) is 2.87. The second-order valence-corrected chi connectivity index (χ2v) is 6.51. The van der Waals surface area contributed by atoms with Crippen LogP contribution in [-0.4, -0.2) is 33.1 Å². The summed E-state index contributed by atoms with van der Waals surface area (Å²) in [7, 11) is 1.94. The van der Waals surface area contributed by atoms with Gasteiger partial charge in [-0.05, 0) is 29.8 Å². The molecule has 0 amide bonds. The topological polar surface area (TPSA) is 73.7 Å². The van der Waals surface area contributed by atoms with Gasteiger partial charge < -0.3 is 15.1 Å². The number of aliphatic hydroxyl groups is 1. The molecule has 138 valence electrons. The molecule has 0 spiro atoms. The summed E-state index contributed by atoms with van der Waals surface area (Å²) < 4.78 is 0. The number of nitrogens with zero attached hydrogens (tertiary/aromatic N) is 2. The van der Waals surface area contributed by atoms with Crippen molar-refractivity contribution in [3.8, 4) is 0 Å². The lowest BCUT2D eigenvalue weighted by atomic mass is 9.93. The van der Waals surface area contributed by atoms with E-state index in [0.29, 0.717) is 24.4 Å². The fraction of sp³-hybridized carbons (Fsp3) is 0.182. The number of aromatic nitrogens is 1. The molecular formula is C22H22N2O3. The highest BCUT2D eigenvalue weighted by Crippen LogP contribution is 2.29. The monoisotopic (exact) mass is 362 g/mol. The Kier molecular flexibility index (Phi) is 5.71. The van der Waals surface area contributed by atoms with Crippen molar-refractivity contribution in [2.75, 3.05) is 7.05 Å². The zero-order valence-electron chi connectivity index (χ0n) is 15.1. The number of carboxylic acid groups (broad SMARTS) is 1. The van der Waals surface area contributed by atoms with E-state index in [1.807, 2.05) is 60.5 Å². The van der Waals surface area contributed by atoms with Gasteiger partial charge in [-0.25, -0.2) is 9.78 Å². The van der Waals surface area contributed by atoms with Crippen LogP contribution in [0.15, 0.2) is 78.2 Å². The van der Waals surface area contributed by atoms with E-state index in [-0.39, 0.29) is 11.6 Å². The van der Waals surface area contributed by atoms with Gasteiger partial charge in [0.1, 0.15) is 5.69 Å². The third kappa shape index (κ3) is 4.85. The molecule has 5 nitrogen and oxygen atoms in total. The first-order valence-electron chi connectivity index (χ1n) is 8.76. The molecule has 2 aromatic rings. The molecule has 1 atom stereocenters. The van der Waals surface area contributed by atoms with Crippen LogP contribution in [0, 0.1) is 5.92 Å². The molecular weight excluding hydrogens is 340 g/mol. The van der Waals surface area contributed by atoms with Crippen LogP contribution < -0.4 is 0 Å². The predicted molar refractivity (Wildman–Crippen MR) is 105 cm³/mol. The summed E-state index contributed by atoms with van der Waals surface area (Å²) >= 11 is 0. The van der Waals surface area contributed by atoms with Crippen molar-refractivity contribution >= 4 is 12.0 Å². The number of hydrogen-bond donors (Lipinski definition) is 2. The average Bonchev–Trinajstić information content (AvgIpc) is 2.67. The maximum Gasteiger partial charge on any atom is 0.354 e. The first-order chi connectivity index (χ1) is 13.0. The Morgan fingerprint density at radius 2 is 1.96 bits per heavy atom. The largest absolute Gasteiger partial charge is 0.512 e. The number of aliphatic hydroxyl groups excluding tert-OH is 1. The molecule has 0 bridgehead atoms. The van der Waals surface area contributed by atoms with E-state index in [2.05, 4.69) is 11.1 Å². The zero-order chi connectivity index (χ0) is 19.2. The Hall–Kier alpha value is -3.34. The Balaban J connectivity index is 1.78. The molecule has 5 heteroatoms. The van der Waals surface area contributed by atoms with Gasteiger partial charge in [-0.1, -0.05) is 48.6 Å². The predicted octanol–water partition coefficient (Wildman–Crippen LogP) is 4.27. The molecule has 0 saturated carbocycles. The van der Waals surface area contributed by atoms with Crippen LogP contribution in [0.1, 0.15) is 28.2 Å². The second-order valence-electron chi connectivity index (χ2n) is 6.51. The molecule has 1 unspecified atom stereocenters. The Bertz CT molecular complexity index is 901. The number of carboxylic acids is 1. The highest BCUT2D eigenvalue weighted by Gasteiger charge is 2.20. The fourth-order valence-electron chi connectivity index (χ4n) is 3.09. The first kappa shape index (κ1) is 18.5. The third-order valence-electron chi connectivity index (χ3n) is 4.44. The van der Waals surface area contributed by atoms with Gasteiger partial charge in [0, 0.05) is 25.1 Å². The van der Waals surface area contributed by atoms with Crippen LogP contribution in [-0.2, 0) is 6.54 Å². The molecule has 0 saturated heterocycles. The molecule has 2 N–H and O–H groups in total. The second kappa shape index (κ2) is 8.36. The van der Waals surface area contributed by atoms with E-state index >= 15 is 0 Å². The summed E-state index contributed by atoms with van der Waals surface area (Å²) in [5.74, 6) is -0.656. The van der Waals surface area contributed by atoms with Gasteiger partial charge in [0.2, 0.25) is 0 Å². The third-order valence-corrected chi connectivity index (χ3v) is 4.44. The Morgan fingerprint density at radius 3 is 2.70 bits per heavy atom. The lowest BCUT2D eigenvalue weighted by Gasteiger charge is -2.29. The van der Waals surface area contributed by atoms with Crippen molar-refractivity contribution in [2.45, 2.75) is 13.0 Å². The molecule has 1 heterocycles. The van der Waals surface area contributed by atoms with E-state index in [1.54, 1.807) is 12.1 Å². The smallest absolute Gasteiger partial charge is 0.354 e. The van der Waals surface area contributed by atoms with Crippen LogP contribution in [0.3, 0.4) is 0 Å². The highest BCUT2D eigenvalue weighted by molar-refractivity contribution is 5.85. The quantitative estimate of drug-likeness (QED) is 0.803. The minimum Gasteiger partial charge on any atom is -0.512 e. The van der Waals surface area contributed by atoms with Crippen LogP contribution in [0.25, 0.3) is 6.08 Å². The number of carbonyl (C=O) groups is 1. The Morgan fingerprint density at radius 1 is 1.19 bits per heavy atom. The van der Waals surface area contributed by atoms with Crippen molar-refractivity contribution in [3.63, 3.8) is 0 Å². The van der Waals surface area contributed by atoms with E-state index in [0.717, 1.165) is 11.3 Å². The van der Waals surface area contributed by atoms with Gasteiger partial charge in [-0.15, -0.1) is 0 Å².